The number of rotatable bonds is 4. The Balaban J connectivity index is 1.97. The Kier molecular flexibility index (Phi) is 4.92. The quantitative estimate of drug-likeness (QED) is 0.506. The van der Waals surface area contributed by atoms with Gasteiger partial charge in [0.05, 0.1) is 5.39 Å². The topological polar surface area (TPSA) is 48.0 Å². The number of pyridine rings is 1. The summed E-state index contributed by atoms with van der Waals surface area (Å²) < 4.78 is 1.73. The largest absolute Gasteiger partial charge is 0.323 e. The average Bonchev–Trinajstić information content (AvgIpc) is 2.73. The molecule has 4 rings (SSSR count). The van der Waals surface area contributed by atoms with E-state index < -0.39 is 0 Å². The Morgan fingerprint density at radius 3 is 2.21 bits per heavy atom. The molecule has 3 nitrogen and oxygen atoms in total. The van der Waals surface area contributed by atoms with Crippen LogP contribution in [-0.4, -0.2) is 4.57 Å². The second kappa shape index (κ2) is 7.67. The maximum atomic E-state index is 13.6. The van der Waals surface area contributed by atoms with Crippen LogP contribution in [0.15, 0.2) is 89.7 Å². The normalized spacial score (nSPS) is 12.5. The molecule has 28 heavy (non-hydrogen) atoms. The second-order valence-electron chi connectivity index (χ2n) is 6.89. The molecule has 0 bridgehead atoms. The minimum Gasteiger partial charge on any atom is -0.323 e. The summed E-state index contributed by atoms with van der Waals surface area (Å²) >= 11 is 0. The van der Waals surface area contributed by atoms with Crippen molar-refractivity contribution >= 4 is 22.9 Å². The lowest BCUT2D eigenvalue weighted by Gasteiger charge is -2.18. The third kappa shape index (κ3) is 3.40. The van der Waals surface area contributed by atoms with Gasteiger partial charge in [-0.1, -0.05) is 78.9 Å². The molecule has 0 aliphatic carbocycles. The van der Waals surface area contributed by atoms with Crippen molar-refractivity contribution < 1.29 is 0 Å². The van der Waals surface area contributed by atoms with Crippen molar-refractivity contribution in [3.63, 3.8) is 0 Å². The molecular weight excluding hydrogens is 344 g/mol. The molecule has 138 valence electrons. The van der Waals surface area contributed by atoms with Crippen molar-refractivity contribution in [2.24, 2.45) is 5.73 Å². The Labute approximate surface area is 164 Å². The summed E-state index contributed by atoms with van der Waals surface area (Å²) in [5.41, 5.74) is 9.77. The highest BCUT2D eigenvalue weighted by Gasteiger charge is 2.15. The molecule has 0 saturated carbocycles. The Morgan fingerprint density at radius 2 is 1.54 bits per heavy atom. The van der Waals surface area contributed by atoms with E-state index in [4.69, 9.17) is 5.73 Å². The molecule has 0 amide bonds. The maximum Gasteiger partial charge on any atom is 0.263 e. The van der Waals surface area contributed by atoms with Crippen molar-refractivity contribution in [2.75, 3.05) is 0 Å². The predicted molar refractivity (Wildman–Crippen MR) is 118 cm³/mol. The van der Waals surface area contributed by atoms with Gasteiger partial charge >= 0.3 is 0 Å². The molecule has 3 aromatic carbocycles. The number of fused-ring (bicyclic) bond motifs is 1. The zero-order chi connectivity index (χ0) is 19.5. The lowest BCUT2D eigenvalue weighted by Crippen LogP contribution is -2.26. The molecule has 0 fully saturated rings. The molecule has 4 aromatic rings. The predicted octanol–water partition coefficient (Wildman–Crippen LogP) is 5.18. The first-order valence-corrected chi connectivity index (χ1v) is 9.38. The number of nitrogens with two attached hydrogens (primary N) is 1. The summed E-state index contributed by atoms with van der Waals surface area (Å²) in [6, 6.07) is 27.4. The number of benzene rings is 3. The van der Waals surface area contributed by atoms with E-state index in [0.717, 1.165) is 27.9 Å². The van der Waals surface area contributed by atoms with Crippen LogP contribution >= 0.6 is 0 Å². The van der Waals surface area contributed by atoms with E-state index in [1.807, 2.05) is 104 Å². The third-order valence-electron chi connectivity index (χ3n) is 4.84. The molecule has 0 aliphatic heterocycles. The standard InChI is InChI=1S/C25H22N2O/c1-18(26)23-17-21-12-8-11-20(16-15-19-9-4-2-5-10-19)24(21)25(28)27(23)22-13-6-3-7-14-22/h2-18H,26H2,1H3. The van der Waals surface area contributed by atoms with Crippen LogP contribution in [0.4, 0.5) is 0 Å². The number of nitrogens with zero attached hydrogens (tertiary/aromatic N) is 1. The molecule has 2 N–H and O–H groups in total. The lowest BCUT2D eigenvalue weighted by atomic mass is 10.0. The van der Waals surface area contributed by atoms with Gasteiger partial charge in [0.1, 0.15) is 0 Å². The summed E-state index contributed by atoms with van der Waals surface area (Å²) in [7, 11) is 0. The summed E-state index contributed by atoms with van der Waals surface area (Å²) in [5.74, 6) is 0. The van der Waals surface area contributed by atoms with Gasteiger partial charge in [0, 0.05) is 17.4 Å². The van der Waals surface area contributed by atoms with Crippen LogP contribution < -0.4 is 11.3 Å². The van der Waals surface area contributed by atoms with E-state index >= 15 is 0 Å². The number of aromatic nitrogens is 1. The summed E-state index contributed by atoms with van der Waals surface area (Å²) in [6.45, 7) is 1.90. The zero-order valence-corrected chi connectivity index (χ0v) is 15.7. The van der Waals surface area contributed by atoms with Gasteiger partial charge in [0.2, 0.25) is 0 Å². The van der Waals surface area contributed by atoms with Crippen molar-refractivity contribution in [1.29, 1.82) is 0 Å². The first-order valence-electron chi connectivity index (χ1n) is 9.38. The molecule has 0 radical (unpaired) electrons. The van der Waals surface area contributed by atoms with Crippen LogP contribution in [0, 0.1) is 0 Å². The van der Waals surface area contributed by atoms with E-state index in [9.17, 15) is 4.79 Å². The second-order valence-corrected chi connectivity index (χ2v) is 6.89. The van der Waals surface area contributed by atoms with E-state index in [-0.39, 0.29) is 11.6 Å². The lowest BCUT2D eigenvalue weighted by molar-refractivity contribution is 0.734. The van der Waals surface area contributed by atoms with Gasteiger partial charge in [-0.25, -0.2) is 0 Å². The highest BCUT2D eigenvalue weighted by atomic mass is 16.1. The molecule has 1 unspecified atom stereocenters. The maximum absolute atomic E-state index is 13.6. The molecule has 0 saturated heterocycles. The van der Waals surface area contributed by atoms with Crippen molar-refractivity contribution in [2.45, 2.75) is 13.0 Å². The van der Waals surface area contributed by atoms with Crippen molar-refractivity contribution in [3.8, 4) is 5.69 Å². The van der Waals surface area contributed by atoms with Crippen LogP contribution in [0.25, 0.3) is 28.6 Å². The van der Waals surface area contributed by atoms with Crippen molar-refractivity contribution in [3.05, 3.63) is 112 Å². The molecule has 1 aromatic heterocycles. The monoisotopic (exact) mass is 366 g/mol. The molecule has 0 aliphatic rings. The third-order valence-corrected chi connectivity index (χ3v) is 4.84. The van der Waals surface area contributed by atoms with Gasteiger partial charge in [-0.3, -0.25) is 9.36 Å². The van der Waals surface area contributed by atoms with Crippen LogP contribution in [0.5, 0.6) is 0 Å². The SMILES string of the molecule is CC(N)c1cc2cccc(C=Cc3ccccc3)c2c(=O)n1-c1ccccc1. The van der Waals surface area contributed by atoms with E-state index in [0.29, 0.717) is 5.39 Å². The fourth-order valence-corrected chi connectivity index (χ4v) is 3.48. The van der Waals surface area contributed by atoms with Gasteiger partial charge in [-0.2, -0.15) is 0 Å². The summed E-state index contributed by atoms with van der Waals surface area (Å²) in [5, 5.41) is 1.60. The summed E-state index contributed by atoms with van der Waals surface area (Å²) in [4.78, 5) is 13.6. The molecular formula is C25H22N2O. The minimum absolute atomic E-state index is 0.0516. The number of hydrogen-bond donors (Lipinski definition) is 1. The summed E-state index contributed by atoms with van der Waals surface area (Å²) in [6.07, 6.45) is 4.03. The fraction of sp³-hybridized carbons (Fsp3) is 0.0800. The van der Waals surface area contributed by atoms with Gasteiger partial charge in [-0.05, 0) is 41.6 Å². The van der Waals surface area contributed by atoms with Crippen LogP contribution in [0.2, 0.25) is 0 Å². The smallest absolute Gasteiger partial charge is 0.263 e. The Morgan fingerprint density at radius 1 is 0.857 bits per heavy atom. The Bertz CT molecular complexity index is 1190. The molecule has 1 heterocycles. The Hall–Kier alpha value is -3.43. The van der Waals surface area contributed by atoms with E-state index in [2.05, 4.69) is 0 Å². The van der Waals surface area contributed by atoms with Gasteiger partial charge in [0.15, 0.2) is 0 Å². The van der Waals surface area contributed by atoms with Crippen LogP contribution in [0.3, 0.4) is 0 Å². The molecule has 1 atom stereocenters. The first-order chi connectivity index (χ1) is 13.6. The van der Waals surface area contributed by atoms with Gasteiger partial charge < -0.3 is 5.73 Å². The van der Waals surface area contributed by atoms with E-state index in [1.165, 1.54) is 0 Å². The average molecular weight is 366 g/mol. The number of para-hydroxylation sites is 1. The number of hydrogen-bond acceptors (Lipinski definition) is 2. The fourth-order valence-electron chi connectivity index (χ4n) is 3.48. The zero-order valence-electron chi connectivity index (χ0n) is 15.7. The molecule has 0 spiro atoms. The van der Waals surface area contributed by atoms with Crippen LogP contribution in [-0.2, 0) is 0 Å². The van der Waals surface area contributed by atoms with Crippen molar-refractivity contribution in [1.82, 2.24) is 4.57 Å². The van der Waals surface area contributed by atoms with E-state index in [1.54, 1.807) is 4.57 Å². The van der Waals surface area contributed by atoms with Gasteiger partial charge in [0.25, 0.3) is 5.56 Å². The molecule has 3 heteroatoms. The minimum atomic E-state index is -0.263. The first kappa shape index (κ1) is 18.0. The van der Waals surface area contributed by atoms with Gasteiger partial charge in [-0.15, -0.1) is 0 Å². The van der Waals surface area contributed by atoms with Crippen LogP contribution in [0.1, 0.15) is 29.8 Å². The highest BCUT2D eigenvalue weighted by Crippen LogP contribution is 2.23. The highest BCUT2D eigenvalue weighted by molar-refractivity contribution is 5.92.